The molecular weight excluding hydrogens is 568 g/mol. The third-order valence-electron chi connectivity index (χ3n) is 5.46. The molecule has 0 unspecified atom stereocenters. The summed E-state index contributed by atoms with van der Waals surface area (Å²) in [5.74, 6) is 1.51. The molecule has 0 aliphatic heterocycles. The largest absolute Gasteiger partial charge is 0.493 e. The zero-order valence-electron chi connectivity index (χ0n) is 22.8. The minimum absolute atomic E-state index is 0.0802. The van der Waals surface area contributed by atoms with Crippen LogP contribution in [-0.4, -0.2) is 94.6 Å². The third-order valence-corrected chi connectivity index (χ3v) is 8.01. The van der Waals surface area contributed by atoms with Gasteiger partial charge in [0.1, 0.15) is 18.4 Å². The summed E-state index contributed by atoms with van der Waals surface area (Å²) in [5.41, 5.74) is 0.959. The number of benzene rings is 1. The van der Waals surface area contributed by atoms with Gasteiger partial charge in [0.25, 0.3) is 0 Å². The van der Waals surface area contributed by atoms with E-state index < -0.39 is 25.0 Å². The normalized spacial score (nSPS) is 12.5. The van der Waals surface area contributed by atoms with Crippen LogP contribution in [0.15, 0.2) is 23.5 Å². The first-order valence-electron chi connectivity index (χ1n) is 11.7. The molecule has 214 valence electrons. The minimum atomic E-state index is -3.83. The molecule has 0 aliphatic rings. The Morgan fingerprint density at radius 1 is 1.03 bits per heavy atom. The number of fused-ring (bicyclic) bond motifs is 1. The fraction of sp³-hybridized carbons (Fsp3) is 0.480. The molecule has 2 heterocycles. The van der Waals surface area contributed by atoms with Gasteiger partial charge in [-0.05, 0) is 24.8 Å². The van der Waals surface area contributed by atoms with Crippen molar-refractivity contribution in [3.8, 4) is 28.8 Å². The van der Waals surface area contributed by atoms with Crippen molar-refractivity contribution < 1.29 is 32.1 Å². The van der Waals surface area contributed by atoms with Gasteiger partial charge < -0.3 is 28.3 Å². The fourth-order valence-corrected chi connectivity index (χ4v) is 4.85. The van der Waals surface area contributed by atoms with Gasteiger partial charge in [-0.25, -0.2) is 23.4 Å². The third kappa shape index (κ3) is 7.97. The minimum Gasteiger partial charge on any atom is -0.493 e. The first-order valence-corrected chi connectivity index (χ1v) is 17.0. The molecule has 0 bridgehead atoms. The lowest BCUT2D eigenvalue weighted by molar-refractivity contribution is -0.00942. The van der Waals surface area contributed by atoms with Crippen molar-refractivity contribution in [2.75, 3.05) is 71.6 Å². The zero-order chi connectivity index (χ0) is 28.8. The predicted molar refractivity (Wildman–Crippen MR) is 152 cm³/mol. The standard InChI is InChI=1S/C25H33ClN4O7S2/c1-33-7-8-36-16-37-21-11-18(19(26)12-20(21)34-2)23-22-17(13-27)14-30(15-35-9-10-38(3,4)5)24(22)29-25(28-23)39(6,31)32/h11-12,14H,7-10,15-16H2,1-6H3. The average molecular weight is 601 g/mol. The molecule has 0 saturated heterocycles. The van der Waals surface area contributed by atoms with Crippen molar-refractivity contribution in [1.82, 2.24) is 14.5 Å². The molecule has 0 atom stereocenters. The number of sulfone groups is 1. The van der Waals surface area contributed by atoms with Gasteiger partial charge in [-0.15, -0.1) is 0 Å². The first-order chi connectivity index (χ1) is 18.4. The molecule has 0 radical (unpaired) electrons. The van der Waals surface area contributed by atoms with E-state index >= 15 is 0 Å². The Morgan fingerprint density at radius 3 is 2.38 bits per heavy atom. The van der Waals surface area contributed by atoms with Crippen LogP contribution in [0.5, 0.6) is 11.5 Å². The summed E-state index contributed by atoms with van der Waals surface area (Å²) in [6, 6.07) is 5.24. The van der Waals surface area contributed by atoms with Gasteiger partial charge >= 0.3 is 0 Å². The topological polar surface area (TPSA) is 135 Å². The van der Waals surface area contributed by atoms with Crippen LogP contribution in [-0.2, 0) is 30.8 Å². The number of nitriles is 1. The summed E-state index contributed by atoms with van der Waals surface area (Å²) < 4.78 is 54.1. The summed E-state index contributed by atoms with van der Waals surface area (Å²) in [7, 11) is -1.56. The number of hydrogen-bond acceptors (Lipinski definition) is 10. The highest BCUT2D eigenvalue weighted by Crippen LogP contribution is 2.41. The summed E-state index contributed by atoms with van der Waals surface area (Å²) >= 11 is 6.63. The quantitative estimate of drug-likeness (QED) is 0.153. The highest BCUT2D eigenvalue weighted by Gasteiger charge is 2.25. The molecule has 0 N–H and O–H groups in total. The van der Waals surface area contributed by atoms with Gasteiger partial charge in [-0.2, -0.15) is 10.2 Å². The van der Waals surface area contributed by atoms with E-state index in [0.29, 0.717) is 36.5 Å². The maximum absolute atomic E-state index is 12.6. The van der Waals surface area contributed by atoms with Crippen molar-refractivity contribution in [3.05, 3.63) is 28.9 Å². The summed E-state index contributed by atoms with van der Waals surface area (Å²) in [6.07, 6.45) is 9.15. The molecule has 11 nitrogen and oxygen atoms in total. The van der Waals surface area contributed by atoms with Crippen LogP contribution >= 0.6 is 21.6 Å². The van der Waals surface area contributed by atoms with Gasteiger partial charge in [-0.1, -0.05) is 11.6 Å². The van der Waals surface area contributed by atoms with Crippen molar-refractivity contribution in [1.29, 1.82) is 5.26 Å². The lowest BCUT2D eigenvalue weighted by Gasteiger charge is -2.24. The molecule has 1 aromatic carbocycles. The van der Waals surface area contributed by atoms with Crippen LogP contribution in [0.1, 0.15) is 5.56 Å². The van der Waals surface area contributed by atoms with Crippen molar-refractivity contribution >= 4 is 42.5 Å². The Balaban J connectivity index is 2.14. The summed E-state index contributed by atoms with van der Waals surface area (Å²) in [6.45, 7) is 1.21. The van der Waals surface area contributed by atoms with Gasteiger partial charge in [0.2, 0.25) is 15.0 Å². The summed E-state index contributed by atoms with van der Waals surface area (Å²) in [4.78, 5) is 8.64. The molecule has 3 rings (SSSR count). The molecule has 14 heteroatoms. The van der Waals surface area contributed by atoms with Crippen LogP contribution in [0.2, 0.25) is 5.02 Å². The monoisotopic (exact) mass is 600 g/mol. The highest BCUT2D eigenvalue weighted by molar-refractivity contribution is 8.32. The molecule has 0 spiro atoms. The maximum Gasteiger partial charge on any atom is 0.249 e. The van der Waals surface area contributed by atoms with Crippen molar-refractivity contribution in [2.45, 2.75) is 11.9 Å². The molecule has 0 aliphatic carbocycles. The molecule has 0 saturated carbocycles. The lowest BCUT2D eigenvalue weighted by Crippen LogP contribution is -2.11. The Hall–Kier alpha value is -2.60. The lowest BCUT2D eigenvalue weighted by atomic mass is 10.1. The van der Waals surface area contributed by atoms with Gasteiger partial charge in [0.15, 0.2) is 18.3 Å². The van der Waals surface area contributed by atoms with E-state index in [4.69, 9.17) is 35.3 Å². The van der Waals surface area contributed by atoms with E-state index in [1.165, 1.54) is 13.2 Å². The van der Waals surface area contributed by atoms with Crippen LogP contribution in [0, 0.1) is 11.3 Å². The SMILES string of the molecule is COCCOCOc1cc(-c2nc(S(C)(=O)=O)nc3c2c(C#N)cn3COCCS(C)(C)C)c(Cl)cc1OC. The second kappa shape index (κ2) is 13.2. The smallest absolute Gasteiger partial charge is 0.249 e. The van der Waals surface area contributed by atoms with E-state index in [1.54, 1.807) is 23.9 Å². The molecule has 3 aromatic rings. The zero-order valence-corrected chi connectivity index (χ0v) is 25.2. The number of methoxy groups -OCH3 is 2. The van der Waals surface area contributed by atoms with E-state index in [-0.39, 0.29) is 41.2 Å². The molecule has 0 amide bonds. The summed E-state index contributed by atoms with van der Waals surface area (Å²) in [5, 5.41) is 10.1. The number of halogens is 1. The number of aromatic nitrogens is 3. The van der Waals surface area contributed by atoms with Gasteiger partial charge in [0.05, 0.1) is 48.6 Å². The van der Waals surface area contributed by atoms with E-state index in [0.717, 1.165) is 12.0 Å². The fourth-order valence-electron chi connectivity index (χ4n) is 3.48. The Morgan fingerprint density at radius 2 is 1.77 bits per heavy atom. The maximum atomic E-state index is 12.6. The van der Waals surface area contributed by atoms with Gasteiger partial charge in [0, 0.05) is 36.9 Å². The Kier molecular flexibility index (Phi) is 10.4. The van der Waals surface area contributed by atoms with Crippen LogP contribution in [0.25, 0.3) is 22.3 Å². The Labute approximate surface area is 235 Å². The van der Waals surface area contributed by atoms with E-state index in [9.17, 15) is 13.7 Å². The van der Waals surface area contributed by atoms with Crippen LogP contribution in [0.4, 0.5) is 0 Å². The second-order valence-electron chi connectivity index (χ2n) is 9.43. The van der Waals surface area contributed by atoms with E-state index in [2.05, 4.69) is 34.8 Å². The highest BCUT2D eigenvalue weighted by atomic mass is 35.5. The van der Waals surface area contributed by atoms with E-state index in [1.807, 2.05) is 0 Å². The number of nitrogens with zero attached hydrogens (tertiary/aromatic N) is 4. The molecular formula is C25H33ClN4O7S2. The molecule has 0 fully saturated rings. The van der Waals surface area contributed by atoms with Crippen LogP contribution < -0.4 is 9.47 Å². The predicted octanol–water partition coefficient (Wildman–Crippen LogP) is 3.70. The van der Waals surface area contributed by atoms with Gasteiger partial charge in [-0.3, -0.25) is 0 Å². The van der Waals surface area contributed by atoms with Crippen molar-refractivity contribution in [2.24, 2.45) is 0 Å². The van der Waals surface area contributed by atoms with Crippen molar-refractivity contribution in [3.63, 3.8) is 0 Å². The Bertz CT molecular complexity index is 1460. The molecule has 2 aromatic heterocycles. The first kappa shape index (κ1) is 30.9. The second-order valence-corrected chi connectivity index (χ2v) is 16.3. The number of ether oxygens (including phenoxy) is 5. The number of hydrogen-bond donors (Lipinski definition) is 0. The average Bonchev–Trinajstić information content (AvgIpc) is 3.23. The molecule has 39 heavy (non-hydrogen) atoms. The number of rotatable bonds is 14. The van der Waals surface area contributed by atoms with Crippen LogP contribution in [0.3, 0.4) is 0 Å².